The summed E-state index contributed by atoms with van der Waals surface area (Å²) in [6.07, 6.45) is 0.00109. The third-order valence-corrected chi connectivity index (χ3v) is 2.90. The van der Waals surface area contributed by atoms with E-state index in [2.05, 4.69) is 21.2 Å². The van der Waals surface area contributed by atoms with Gasteiger partial charge in [0.1, 0.15) is 0 Å². The predicted octanol–water partition coefficient (Wildman–Crippen LogP) is 1.80. The van der Waals surface area contributed by atoms with Gasteiger partial charge in [0.15, 0.2) is 0 Å². The van der Waals surface area contributed by atoms with Crippen LogP contribution in [0.15, 0.2) is 22.7 Å². The van der Waals surface area contributed by atoms with Gasteiger partial charge in [-0.2, -0.15) is 0 Å². The van der Waals surface area contributed by atoms with Gasteiger partial charge in [0, 0.05) is 29.4 Å². The van der Waals surface area contributed by atoms with E-state index in [1.54, 1.807) is 25.3 Å². The second-order valence-electron chi connectivity index (χ2n) is 3.49. The SMILES string of the molecule is COC(C)CNC(=O)c1ccc(N)c(Br)c1. The summed E-state index contributed by atoms with van der Waals surface area (Å²) in [4.78, 5) is 11.7. The molecule has 0 spiro atoms. The first-order valence-corrected chi connectivity index (χ1v) is 5.70. The van der Waals surface area contributed by atoms with Crippen LogP contribution in [0.2, 0.25) is 0 Å². The Morgan fingerprint density at radius 2 is 2.31 bits per heavy atom. The predicted molar refractivity (Wildman–Crippen MR) is 67.4 cm³/mol. The number of nitrogens with two attached hydrogens (primary N) is 1. The van der Waals surface area contributed by atoms with Crippen molar-refractivity contribution in [3.8, 4) is 0 Å². The number of amides is 1. The summed E-state index contributed by atoms with van der Waals surface area (Å²) in [5, 5.41) is 2.77. The number of benzene rings is 1. The van der Waals surface area contributed by atoms with E-state index in [1.807, 2.05) is 6.92 Å². The van der Waals surface area contributed by atoms with Crippen molar-refractivity contribution in [2.75, 3.05) is 19.4 Å². The van der Waals surface area contributed by atoms with Crippen LogP contribution >= 0.6 is 15.9 Å². The minimum atomic E-state index is -0.135. The Bertz CT molecular complexity index is 382. The summed E-state index contributed by atoms with van der Waals surface area (Å²) in [6.45, 7) is 2.37. The van der Waals surface area contributed by atoms with Crippen LogP contribution in [0.4, 0.5) is 5.69 Å². The number of methoxy groups -OCH3 is 1. The van der Waals surface area contributed by atoms with Crippen molar-refractivity contribution in [2.24, 2.45) is 0 Å². The number of nitrogen functional groups attached to an aromatic ring is 1. The van der Waals surface area contributed by atoms with Crippen LogP contribution in [0.5, 0.6) is 0 Å². The molecule has 88 valence electrons. The molecule has 0 aliphatic heterocycles. The molecular weight excluding hydrogens is 272 g/mol. The van der Waals surface area contributed by atoms with Crippen molar-refractivity contribution >= 4 is 27.5 Å². The average Bonchev–Trinajstić information content (AvgIpc) is 2.29. The maximum Gasteiger partial charge on any atom is 0.251 e. The molecule has 1 aromatic carbocycles. The van der Waals surface area contributed by atoms with E-state index in [-0.39, 0.29) is 12.0 Å². The molecule has 16 heavy (non-hydrogen) atoms. The molecule has 5 heteroatoms. The van der Waals surface area contributed by atoms with Crippen LogP contribution in [-0.2, 0) is 4.74 Å². The van der Waals surface area contributed by atoms with Crippen LogP contribution < -0.4 is 11.1 Å². The highest BCUT2D eigenvalue weighted by atomic mass is 79.9. The molecule has 3 N–H and O–H groups in total. The van der Waals surface area contributed by atoms with Gasteiger partial charge >= 0.3 is 0 Å². The highest BCUT2D eigenvalue weighted by Crippen LogP contribution is 2.20. The number of halogens is 1. The lowest BCUT2D eigenvalue weighted by Gasteiger charge is -2.11. The number of hydrogen-bond donors (Lipinski definition) is 2. The Morgan fingerprint density at radius 3 is 2.88 bits per heavy atom. The summed E-state index contributed by atoms with van der Waals surface area (Å²) < 4.78 is 5.76. The Labute approximate surface area is 103 Å². The van der Waals surface area contributed by atoms with Crippen molar-refractivity contribution in [2.45, 2.75) is 13.0 Å². The topological polar surface area (TPSA) is 64.3 Å². The van der Waals surface area contributed by atoms with Crippen LogP contribution in [0.3, 0.4) is 0 Å². The Balaban J connectivity index is 2.63. The Morgan fingerprint density at radius 1 is 1.62 bits per heavy atom. The lowest BCUT2D eigenvalue weighted by Crippen LogP contribution is -2.31. The normalized spacial score (nSPS) is 12.2. The van der Waals surface area contributed by atoms with Gasteiger partial charge in [-0.1, -0.05) is 0 Å². The van der Waals surface area contributed by atoms with E-state index in [0.717, 1.165) is 4.47 Å². The van der Waals surface area contributed by atoms with Crippen molar-refractivity contribution in [1.82, 2.24) is 5.32 Å². The fourth-order valence-electron chi connectivity index (χ4n) is 1.09. The van der Waals surface area contributed by atoms with Gasteiger partial charge in [0.05, 0.1) is 6.10 Å². The number of rotatable bonds is 4. The number of anilines is 1. The standard InChI is InChI=1S/C11H15BrN2O2/c1-7(16-2)6-14-11(15)8-3-4-10(13)9(12)5-8/h3-5,7H,6,13H2,1-2H3,(H,14,15). The van der Waals surface area contributed by atoms with Crippen molar-refractivity contribution in [3.63, 3.8) is 0 Å². The van der Waals surface area contributed by atoms with E-state index in [9.17, 15) is 4.79 Å². The zero-order valence-electron chi connectivity index (χ0n) is 9.29. The molecule has 0 fully saturated rings. The molecule has 0 aliphatic rings. The molecule has 0 saturated heterocycles. The molecule has 0 aromatic heterocycles. The van der Waals surface area contributed by atoms with Gasteiger partial charge in [-0.05, 0) is 41.1 Å². The number of carbonyl (C=O) groups excluding carboxylic acids is 1. The molecule has 1 aromatic rings. The smallest absolute Gasteiger partial charge is 0.251 e. The van der Waals surface area contributed by atoms with E-state index < -0.39 is 0 Å². The van der Waals surface area contributed by atoms with E-state index >= 15 is 0 Å². The summed E-state index contributed by atoms with van der Waals surface area (Å²) in [6, 6.07) is 5.08. The van der Waals surface area contributed by atoms with Gasteiger partial charge in [-0.3, -0.25) is 4.79 Å². The molecule has 0 radical (unpaired) electrons. The molecule has 0 bridgehead atoms. The maximum absolute atomic E-state index is 11.7. The van der Waals surface area contributed by atoms with Crippen molar-refractivity contribution in [1.29, 1.82) is 0 Å². The quantitative estimate of drug-likeness (QED) is 0.830. The fraction of sp³-hybridized carbons (Fsp3) is 0.364. The van der Waals surface area contributed by atoms with Crippen molar-refractivity contribution in [3.05, 3.63) is 28.2 Å². The maximum atomic E-state index is 11.7. The molecule has 4 nitrogen and oxygen atoms in total. The Hall–Kier alpha value is -1.07. The average molecular weight is 287 g/mol. The molecule has 1 amide bonds. The lowest BCUT2D eigenvalue weighted by molar-refractivity contribution is 0.0870. The number of nitrogens with one attached hydrogen (secondary N) is 1. The molecular formula is C11H15BrN2O2. The van der Waals surface area contributed by atoms with Crippen LogP contribution in [-0.4, -0.2) is 25.7 Å². The largest absolute Gasteiger partial charge is 0.398 e. The van der Waals surface area contributed by atoms with Gasteiger partial charge in [0.25, 0.3) is 5.91 Å². The minimum absolute atomic E-state index is 0.00109. The second-order valence-corrected chi connectivity index (χ2v) is 4.35. The van der Waals surface area contributed by atoms with Gasteiger partial charge in [-0.15, -0.1) is 0 Å². The summed E-state index contributed by atoms with van der Waals surface area (Å²) in [7, 11) is 1.61. The third kappa shape index (κ3) is 3.50. The monoisotopic (exact) mass is 286 g/mol. The first kappa shape index (κ1) is 13.0. The first-order chi connectivity index (χ1) is 7.54. The molecule has 1 rings (SSSR count). The third-order valence-electron chi connectivity index (χ3n) is 2.22. The lowest BCUT2D eigenvalue weighted by atomic mass is 10.2. The van der Waals surface area contributed by atoms with Gasteiger partial charge in [0.2, 0.25) is 0 Å². The minimum Gasteiger partial charge on any atom is -0.398 e. The number of carbonyl (C=O) groups is 1. The number of ether oxygens (including phenoxy) is 1. The molecule has 1 unspecified atom stereocenters. The summed E-state index contributed by atoms with van der Waals surface area (Å²) in [5.41, 5.74) is 6.82. The summed E-state index contributed by atoms with van der Waals surface area (Å²) >= 11 is 3.28. The van der Waals surface area contributed by atoms with Gasteiger partial charge < -0.3 is 15.8 Å². The zero-order valence-corrected chi connectivity index (χ0v) is 10.9. The zero-order chi connectivity index (χ0) is 12.1. The summed E-state index contributed by atoms with van der Waals surface area (Å²) in [5.74, 6) is -0.135. The van der Waals surface area contributed by atoms with E-state index in [1.165, 1.54) is 0 Å². The van der Waals surface area contributed by atoms with Crippen LogP contribution in [0, 0.1) is 0 Å². The molecule has 0 heterocycles. The van der Waals surface area contributed by atoms with Crippen LogP contribution in [0.25, 0.3) is 0 Å². The first-order valence-electron chi connectivity index (χ1n) is 4.90. The molecule has 1 atom stereocenters. The van der Waals surface area contributed by atoms with E-state index in [4.69, 9.17) is 10.5 Å². The second kappa shape index (κ2) is 5.86. The van der Waals surface area contributed by atoms with Gasteiger partial charge in [-0.25, -0.2) is 0 Å². The van der Waals surface area contributed by atoms with Crippen LogP contribution in [0.1, 0.15) is 17.3 Å². The molecule has 0 saturated carbocycles. The van der Waals surface area contributed by atoms with Crippen molar-refractivity contribution < 1.29 is 9.53 Å². The Kier molecular flexibility index (Phi) is 4.76. The highest BCUT2D eigenvalue weighted by Gasteiger charge is 2.08. The highest BCUT2D eigenvalue weighted by molar-refractivity contribution is 9.10. The fourth-order valence-corrected chi connectivity index (χ4v) is 1.47. The number of hydrogen-bond acceptors (Lipinski definition) is 3. The van der Waals surface area contributed by atoms with E-state index in [0.29, 0.717) is 17.8 Å². The molecule has 0 aliphatic carbocycles.